The highest BCUT2D eigenvalue weighted by Crippen LogP contribution is 2.15. The van der Waals surface area contributed by atoms with E-state index in [1.54, 1.807) is 30.9 Å². The Labute approximate surface area is 171 Å². The van der Waals surface area contributed by atoms with Crippen LogP contribution >= 0.6 is 11.6 Å². The number of hydrogen-bond donors (Lipinski definition) is 0. The molecule has 0 saturated heterocycles. The fourth-order valence-corrected chi connectivity index (χ4v) is 2.78. The van der Waals surface area contributed by atoms with E-state index in [-0.39, 0.29) is 5.91 Å². The van der Waals surface area contributed by atoms with Crippen LogP contribution in [0.3, 0.4) is 0 Å². The monoisotopic (exact) mass is 403 g/mol. The zero-order valence-corrected chi connectivity index (χ0v) is 17.5. The minimum absolute atomic E-state index is 0.185. The Kier molecular flexibility index (Phi) is 7.96. The van der Waals surface area contributed by atoms with Crippen LogP contribution in [0.5, 0.6) is 0 Å². The van der Waals surface area contributed by atoms with Gasteiger partial charge in [0.25, 0.3) is 5.91 Å². The predicted octanol–water partition coefficient (Wildman–Crippen LogP) is 3.42. The van der Waals surface area contributed by atoms with Crippen molar-refractivity contribution in [3.63, 3.8) is 0 Å². The molecule has 6 nitrogen and oxygen atoms in total. The highest BCUT2D eigenvalue weighted by Gasteiger charge is 2.20. The van der Waals surface area contributed by atoms with Crippen LogP contribution in [-0.2, 0) is 11.3 Å². The number of likely N-dealkylation sites (N-methyl/N-ethyl adjacent to an activating group) is 1. The number of hydrogen-bond acceptors (Lipinski definition) is 5. The molecule has 0 radical (unpaired) electrons. The molecular formula is C21H26ClN3O3. The summed E-state index contributed by atoms with van der Waals surface area (Å²) in [6.07, 6.45) is 0. The third kappa shape index (κ3) is 6.04. The SMILES string of the molecule is CCOC(=O)c1ccc(C(=O)N(CCN(C)C)Cc2ccc(Cl)cc2)nc1C. The number of benzene rings is 1. The molecule has 1 aromatic carbocycles. The molecule has 0 saturated carbocycles. The summed E-state index contributed by atoms with van der Waals surface area (Å²) >= 11 is 5.95. The number of aromatic nitrogens is 1. The fourth-order valence-electron chi connectivity index (χ4n) is 2.65. The van der Waals surface area contributed by atoms with Crippen LogP contribution in [0, 0.1) is 6.92 Å². The molecule has 0 unspecified atom stereocenters. The highest BCUT2D eigenvalue weighted by molar-refractivity contribution is 6.30. The van der Waals surface area contributed by atoms with Gasteiger partial charge in [0.1, 0.15) is 5.69 Å². The van der Waals surface area contributed by atoms with E-state index in [2.05, 4.69) is 4.98 Å². The molecule has 1 heterocycles. The van der Waals surface area contributed by atoms with Crippen molar-refractivity contribution in [3.8, 4) is 0 Å². The van der Waals surface area contributed by atoms with Crippen LogP contribution in [0.15, 0.2) is 36.4 Å². The van der Waals surface area contributed by atoms with Gasteiger partial charge in [0.05, 0.1) is 17.9 Å². The lowest BCUT2D eigenvalue weighted by Gasteiger charge is -2.24. The van der Waals surface area contributed by atoms with Crippen molar-refractivity contribution < 1.29 is 14.3 Å². The van der Waals surface area contributed by atoms with Gasteiger partial charge in [-0.05, 0) is 57.8 Å². The van der Waals surface area contributed by atoms with Gasteiger partial charge >= 0.3 is 5.97 Å². The molecule has 150 valence electrons. The van der Waals surface area contributed by atoms with Gasteiger partial charge in [0.15, 0.2) is 0 Å². The molecule has 0 aliphatic carbocycles. The molecule has 1 aromatic heterocycles. The summed E-state index contributed by atoms with van der Waals surface area (Å²) in [6.45, 7) is 5.46. The summed E-state index contributed by atoms with van der Waals surface area (Å²) in [5, 5.41) is 0.654. The molecule has 0 aliphatic rings. The molecule has 0 aliphatic heterocycles. The first-order valence-electron chi connectivity index (χ1n) is 9.15. The summed E-state index contributed by atoms with van der Waals surface area (Å²) in [5.41, 5.74) is 2.13. The molecule has 1 amide bonds. The van der Waals surface area contributed by atoms with Gasteiger partial charge in [-0.1, -0.05) is 23.7 Å². The number of esters is 1. The minimum Gasteiger partial charge on any atom is -0.462 e. The molecular weight excluding hydrogens is 378 g/mol. The average Bonchev–Trinajstić information content (AvgIpc) is 2.66. The van der Waals surface area contributed by atoms with Crippen LogP contribution in [0.4, 0.5) is 0 Å². The van der Waals surface area contributed by atoms with Crippen molar-refractivity contribution in [1.82, 2.24) is 14.8 Å². The molecule has 0 atom stereocenters. The smallest absolute Gasteiger partial charge is 0.339 e. The zero-order chi connectivity index (χ0) is 20.7. The van der Waals surface area contributed by atoms with E-state index in [4.69, 9.17) is 16.3 Å². The van der Waals surface area contributed by atoms with Crippen LogP contribution in [0.1, 0.15) is 39.0 Å². The Hall–Kier alpha value is -2.44. The number of halogens is 1. The Morgan fingerprint density at radius 2 is 1.75 bits per heavy atom. The lowest BCUT2D eigenvalue weighted by atomic mass is 10.1. The van der Waals surface area contributed by atoms with Gasteiger partial charge < -0.3 is 14.5 Å². The van der Waals surface area contributed by atoms with Gasteiger partial charge in [-0.25, -0.2) is 9.78 Å². The third-order valence-corrected chi connectivity index (χ3v) is 4.44. The summed E-state index contributed by atoms with van der Waals surface area (Å²) < 4.78 is 5.02. The Balaban J connectivity index is 2.24. The lowest BCUT2D eigenvalue weighted by molar-refractivity contribution is 0.0524. The van der Waals surface area contributed by atoms with Gasteiger partial charge in [-0.3, -0.25) is 4.79 Å². The third-order valence-electron chi connectivity index (χ3n) is 4.19. The molecule has 2 rings (SSSR count). The number of aryl methyl sites for hydroxylation is 1. The Morgan fingerprint density at radius 3 is 2.32 bits per heavy atom. The topological polar surface area (TPSA) is 62.7 Å². The van der Waals surface area contributed by atoms with Crippen molar-refractivity contribution in [2.75, 3.05) is 33.8 Å². The first-order valence-corrected chi connectivity index (χ1v) is 9.52. The molecule has 2 aromatic rings. The largest absolute Gasteiger partial charge is 0.462 e. The maximum atomic E-state index is 13.1. The lowest BCUT2D eigenvalue weighted by Crippen LogP contribution is -2.36. The number of ether oxygens (including phenoxy) is 1. The van der Waals surface area contributed by atoms with E-state index in [1.807, 2.05) is 43.3 Å². The summed E-state index contributed by atoms with van der Waals surface area (Å²) in [7, 11) is 3.92. The molecule has 0 spiro atoms. The average molecular weight is 404 g/mol. The Morgan fingerprint density at radius 1 is 1.07 bits per heavy atom. The highest BCUT2D eigenvalue weighted by atomic mass is 35.5. The molecule has 0 fully saturated rings. The second-order valence-electron chi connectivity index (χ2n) is 6.71. The number of carbonyl (C=O) groups excluding carboxylic acids is 2. The first kappa shape index (κ1) is 21.9. The number of amides is 1. The molecule has 7 heteroatoms. The predicted molar refractivity (Wildman–Crippen MR) is 110 cm³/mol. The Bertz CT molecular complexity index is 822. The number of pyridine rings is 1. The van der Waals surface area contributed by atoms with Gasteiger partial charge in [-0.15, -0.1) is 0 Å². The van der Waals surface area contributed by atoms with Crippen LogP contribution < -0.4 is 0 Å². The molecule has 0 N–H and O–H groups in total. The van der Waals surface area contributed by atoms with E-state index in [0.29, 0.717) is 41.7 Å². The summed E-state index contributed by atoms with van der Waals surface area (Å²) in [5.74, 6) is -0.618. The van der Waals surface area contributed by atoms with Crippen LogP contribution in [0.25, 0.3) is 0 Å². The molecule has 28 heavy (non-hydrogen) atoms. The van der Waals surface area contributed by atoms with Gasteiger partial charge in [0.2, 0.25) is 0 Å². The van der Waals surface area contributed by atoms with E-state index < -0.39 is 5.97 Å². The van der Waals surface area contributed by atoms with E-state index in [9.17, 15) is 9.59 Å². The van der Waals surface area contributed by atoms with E-state index in [1.165, 1.54) is 0 Å². The standard InChI is InChI=1S/C21H26ClN3O3/c1-5-28-21(27)18-10-11-19(23-15(18)2)20(26)25(13-12-24(3)4)14-16-6-8-17(22)9-7-16/h6-11H,5,12-14H2,1-4H3. The minimum atomic E-state index is -0.433. The van der Waals surface area contributed by atoms with Crippen molar-refractivity contribution in [2.24, 2.45) is 0 Å². The second kappa shape index (κ2) is 10.2. The number of rotatable bonds is 8. The van der Waals surface area contributed by atoms with Gasteiger partial charge in [-0.2, -0.15) is 0 Å². The van der Waals surface area contributed by atoms with Crippen molar-refractivity contribution in [2.45, 2.75) is 20.4 Å². The fraction of sp³-hybridized carbons (Fsp3) is 0.381. The number of carbonyl (C=O) groups is 2. The van der Waals surface area contributed by atoms with Crippen LogP contribution in [-0.4, -0.2) is 60.5 Å². The quantitative estimate of drug-likeness (QED) is 0.632. The van der Waals surface area contributed by atoms with Crippen LogP contribution in [0.2, 0.25) is 5.02 Å². The first-order chi connectivity index (χ1) is 13.3. The van der Waals surface area contributed by atoms with E-state index >= 15 is 0 Å². The van der Waals surface area contributed by atoms with Crippen molar-refractivity contribution in [1.29, 1.82) is 0 Å². The summed E-state index contributed by atoms with van der Waals surface area (Å²) in [4.78, 5) is 33.2. The zero-order valence-electron chi connectivity index (χ0n) is 16.7. The summed E-state index contributed by atoms with van der Waals surface area (Å²) in [6, 6.07) is 10.6. The van der Waals surface area contributed by atoms with Crippen molar-refractivity contribution in [3.05, 3.63) is 63.9 Å². The number of nitrogens with zero attached hydrogens (tertiary/aromatic N) is 3. The van der Waals surface area contributed by atoms with E-state index in [0.717, 1.165) is 12.1 Å². The second-order valence-corrected chi connectivity index (χ2v) is 7.14. The normalized spacial score (nSPS) is 10.8. The maximum Gasteiger partial charge on any atom is 0.339 e. The van der Waals surface area contributed by atoms with Gasteiger partial charge in [0, 0.05) is 24.7 Å². The van der Waals surface area contributed by atoms with Crippen molar-refractivity contribution >= 4 is 23.5 Å². The molecule has 0 bridgehead atoms. The maximum absolute atomic E-state index is 13.1.